The number of nitrogens with one attached hydrogen (secondary N) is 1. The van der Waals surface area contributed by atoms with E-state index in [2.05, 4.69) is 17.2 Å². The number of hydrogen-bond donors (Lipinski definition) is 1. The molecule has 196 valence electrons. The zero-order valence-corrected chi connectivity index (χ0v) is 22.6. The van der Waals surface area contributed by atoms with E-state index in [1.54, 1.807) is 11.8 Å². The fraction of sp³-hybridized carbons (Fsp3) is 0.452. The average Bonchev–Trinajstić information content (AvgIpc) is 2.83. The number of fused-ring (bicyclic) bond motifs is 2. The van der Waals surface area contributed by atoms with E-state index in [0.717, 1.165) is 22.4 Å². The lowest BCUT2D eigenvalue weighted by atomic mass is 9.86. The van der Waals surface area contributed by atoms with E-state index in [0.29, 0.717) is 32.5 Å². The minimum absolute atomic E-state index is 0.107. The molecule has 2 aromatic carbocycles. The van der Waals surface area contributed by atoms with Crippen LogP contribution >= 0.6 is 0 Å². The number of rotatable bonds is 11. The summed E-state index contributed by atoms with van der Waals surface area (Å²) in [5, 5.41) is 2.91. The Hall–Kier alpha value is -3.43. The van der Waals surface area contributed by atoms with Gasteiger partial charge in [-0.3, -0.25) is 14.4 Å². The van der Waals surface area contributed by atoms with Crippen molar-refractivity contribution in [2.75, 3.05) is 18.1 Å². The summed E-state index contributed by atoms with van der Waals surface area (Å²) in [5.74, 6) is 6.27. The predicted octanol–water partition coefficient (Wildman–Crippen LogP) is 5.02. The third kappa shape index (κ3) is 8.03. The fourth-order valence-corrected chi connectivity index (χ4v) is 3.98. The van der Waals surface area contributed by atoms with Gasteiger partial charge >= 0.3 is 0 Å². The van der Waals surface area contributed by atoms with E-state index in [1.807, 2.05) is 76.2 Å². The predicted molar refractivity (Wildman–Crippen MR) is 146 cm³/mol. The summed E-state index contributed by atoms with van der Waals surface area (Å²) < 4.78 is 5.98. The van der Waals surface area contributed by atoms with Crippen LogP contribution in [0.25, 0.3) is 0 Å². The summed E-state index contributed by atoms with van der Waals surface area (Å²) in [6.45, 7) is 10.7. The lowest BCUT2D eigenvalue weighted by molar-refractivity contribution is -0.127. The molecule has 0 bridgehead atoms. The molecule has 0 aromatic heterocycles. The number of nitrogens with zero attached hydrogens (tertiary/aromatic N) is 1. The first kappa shape index (κ1) is 28.1. The van der Waals surface area contributed by atoms with Crippen LogP contribution < -0.4 is 10.2 Å². The second kappa shape index (κ2) is 12.2. The smallest absolute Gasteiger partial charge is 0.227 e. The number of carbonyl (C=O) groups excluding carboxylic acids is 3. The standard InChI is InChI=1S/C31H38N2O4/c1-23(34)30(2,3)19-21-37-31(4,5)18-20-32-28(35)16-17-29(36)33-22-26-12-7-6-10-24(26)14-15-25-11-8-9-13-27(25)33/h6-13H,16-22H2,1-5H3,(H,32,35). The first-order valence-corrected chi connectivity index (χ1v) is 12.9. The number of hydrogen-bond acceptors (Lipinski definition) is 4. The molecule has 1 aliphatic heterocycles. The van der Waals surface area contributed by atoms with Crippen LogP contribution in [0, 0.1) is 17.3 Å². The van der Waals surface area contributed by atoms with Gasteiger partial charge in [-0.2, -0.15) is 0 Å². The van der Waals surface area contributed by atoms with Crippen molar-refractivity contribution in [1.29, 1.82) is 0 Å². The molecule has 1 aliphatic rings. The molecular weight excluding hydrogens is 464 g/mol. The third-order valence-corrected chi connectivity index (χ3v) is 6.96. The molecule has 0 unspecified atom stereocenters. The maximum Gasteiger partial charge on any atom is 0.227 e. The van der Waals surface area contributed by atoms with Gasteiger partial charge in [0.1, 0.15) is 5.78 Å². The van der Waals surface area contributed by atoms with E-state index in [4.69, 9.17) is 4.74 Å². The molecule has 1 N–H and O–H groups in total. The summed E-state index contributed by atoms with van der Waals surface area (Å²) in [6, 6.07) is 15.4. The maximum absolute atomic E-state index is 13.3. The normalized spacial score (nSPS) is 12.8. The van der Waals surface area contributed by atoms with Crippen molar-refractivity contribution in [2.45, 2.75) is 72.4 Å². The molecule has 0 fully saturated rings. The monoisotopic (exact) mass is 502 g/mol. The van der Waals surface area contributed by atoms with Crippen LogP contribution in [0.2, 0.25) is 0 Å². The highest BCUT2D eigenvalue weighted by Gasteiger charge is 2.26. The number of benzene rings is 2. The Morgan fingerprint density at radius 1 is 0.919 bits per heavy atom. The second-order valence-electron chi connectivity index (χ2n) is 10.8. The van der Waals surface area contributed by atoms with Gasteiger partial charge in [-0.25, -0.2) is 0 Å². The second-order valence-corrected chi connectivity index (χ2v) is 10.8. The Labute approximate surface area is 220 Å². The Morgan fingerprint density at radius 2 is 1.57 bits per heavy atom. The molecular formula is C31H38N2O4. The van der Waals surface area contributed by atoms with Gasteiger partial charge in [-0.05, 0) is 57.4 Å². The Balaban J connectivity index is 1.51. The number of amides is 2. The topological polar surface area (TPSA) is 75.7 Å². The summed E-state index contributed by atoms with van der Waals surface area (Å²) in [5.41, 5.74) is 2.61. The van der Waals surface area contributed by atoms with Crippen LogP contribution in [0.3, 0.4) is 0 Å². The molecule has 2 aromatic rings. The number of carbonyl (C=O) groups is 3. The number of ether oxygens (including phenoxy) is 1. The number of Topliss-reactive ketones (excluding diaryl/α,β-unsaturated/α-hetero) is 1. The van der Waals surface area contributed by atoms with Gasteiger partial charge in [0.25, 0.3) is 0 Å². The Bertz CT molecular complexity index is 1200. The van der Waals surface area contributed by atoms with E-state index in [1.165, 1.54) is 0 Å². The molecule has 2 amide bonds. The third-order valence-electron chi connectivity index (χ3n) is 6.96. The maximum atomic E-state index is 13.3. The molecule has 0 saturated heterocycles. The summed E-state index contributed by atoms with van der Waals surface area (Å²) >= 11 is 0. The molecule has 3 rings (SSSR count). The summed E-state index contributed by atoms with van der Waals surface area (Å²) in [7, 11) is 0. The summed E-state index contributed by atoms with van der Waals surface area (Å²) in [4.78, 5) is 39.2. The van der Waals surface area contributed by atoms with Gasteiger partial charge in [0.05, 0.1) is 17.8 Å². The molecule has 0 saturated carbocycles. The molecule has 0 aliphatic carbocycles. The molecule has 0 radical (unpaired) electrons. The minimum Gasteiger partial charge on any atom is -0.375 e. The van der Waals surface area contributed by atoms with E-state index in [-0.39, 0.29) is 30.4 Å². The van der Waals surface area contributed by atoms with Crippen molar-refractivity contribution in [3.63, 3.8) is 0 Å². The highest BCUT2D eigenvalue weighted by molar-refractivity contribution is 5.96. The SMILES string of the molecule is CC(=O)C(C)(C)CCOC(C)(C)CCNC(=O)CCC(=O)N1Cc2ccccc2C#Cc2ccccc21. The fourth-order valence-electron chi connectivity index (χ4n) is 3.98. The lowest BCUT2D eigenvalue weighted by Gasteiger charge is -2.28. The highest BCUT2D eigenvalue weighted by atomic mass is 16.5. The number of anilines is 1. The molecule has 0 spiro atoms. The minimum atomic E-state index is -0.432. The highest BCUT2D eigenvalue weighted by Crippen LogP contribution is 2.26. The Kier molecular flexibility index (Phi) is 9.29. The zero-order valence-electron chi connectivity index (χ0n) is 22.6. The first-order chi connectivity index (χ1) is 17.5. The van der Waals surface area contributed by atoms with Crippen molar-refractivity contribution in [2.24, 2.45) is 5.41 Å². The van der Waals surface area contributed by atoms with Crippen LogP contribution in [0.5, 0.6) is 0 Å². The van der Waals surface area contributed by atoms with E-state index >= 15 is 0 Å². The van der Waals surface area contributed by atoms with Gasteiger partial charge in [0, 0.05) is 42.5 Å². The molecule has 6 heteroatoms. The number of para-hydroxylation sites is 1. The molecule has 37 heavy (non-hydrogen) atoms. The zero-order chi connectivity index (χ0) is 27.1. The van der Waals surface area contributed by atoms with Crippen molar-refractivity contribution in [3.05, 3.63) is 65.2 Å². The van der Waals surface area contributed by atoms with Crippen molar-refractivity contribution in [1.82, 2.24) is 5.32 Å². The van der Waals surface area contributed by atoms with Crippen LogP contribution in [0.15, 0.2) is 48.5 Å². The van der Waals surface area contributed by atoms with Crippen LogP contribution in [-0.4, -0.2) is 36.4 Å². The Morgan fingerprint density at radius 3 is 2.30 bits per heavy atom. The molecule has 0 atom stereocenters. The van der Waals surface area contributed by atoms with Crippen molar-refractivity contribution >= 4 is 23.3 Å². The van der Waals surface area contributed by atoms with Gasteiger partial charge < -0.3 is 15.0 Å². The van der Waals surface area contributed by atoms with E-state index < -0.39 is 11.0 Å². The van der Waals surface area contributed by atoms with Crippen LogP contribution in [0.1, 0.15) is 77.0 Å². The molecule has 1 heterocycles. The van der Waals surface area contributed by atoms with Gasteiger partial charge in [-0.15, -0.1) is 0 Å². The number of ketones is 1. The van der Waals surface area contributed by atoms with Gasteiger partial charge in [-0.1, -0.05) is 56.0 Å². The lowest BCUT2D eigenvalue weighted by Crippen LogP contribution is -2.35. The van der Waals surface area contributed by atoms with Gasteiger partial charge in [0.2, 0.25) is 11.8 Å². The average molecular weight is 503 g/mol. The van der Waals surface area contributed by atoms with Crippen molar-refractivity contribution in [3.8, 4) is 11.8 Å². The molecule has 6 nitrogen and oxygen atoms in total. The van der Waals surface area contributed by atoms with E-state index in [9.17, 15) is 14.4 Å². The first-order valence-electron chi connectivity index (χ1n) is 12.9. The van der Waals surface area contributed by atoms with Gasteiger partial charge in [0.15, 0.2) is 0 Å². The largest absolute Gasteiger partial charge is 0.375 e. The summed E-state index contributed by atoms with van der Waals surface area (Å²) in [6.07, 6.45) is 1.49. The van der Waals surface area contributed by atoms with Crippen molar-refractivity contribution < 1.29 is 19.1 Å². The van der Waals surface area contributed by atoms with Crippen LogP contribution in [0.4, 0.5) is 5.69 Å². The van der Waals surface area contributed by atoms with Crippen LogP contribution in [-0.2, 0) is 25.7 Å². The quantitative estimate of drug-likeness (QED) is 0.438.